The first-order chi connectivity index (χ1) is 13.6. The highest BCUT2D eigenvalue weighted by Gasteiger charge is 2.11. The second-order valence-electron chi connectivity index (χ2n) is 6.36. The van der Waals surface area contributed by atoms with Crippen molar-refractivity contribution in [1.82, 2.24) is 9.55 Å². The minimum absolute atomic E-state index is 0.322. The van der Waals surface area contributed by atoms with E-state index in [2.05, 4.69) is 25.9 Å². The number of carbonyl (C=O) groups excluding carboxylic acids is 2. The zero-order chi connectivity index (χ0) is 19.9. The number of nitrogens with one attached hydrogen (secondary N) is 1. The van der Waals surface area contributed by atoms with E-state index in [-0.39, 0.29) is 0 Å². The van der Waals surface area contributed by atoms with E-state index in [0.717, 1.165) is 42.2 Å². The highest BCUT2D eigenvalue weighted by atomic mass is 79.9. The molecule has 1 amide bonds. The van der Waals surface area contributed by atoms with Gasteiger partial charge in [0.25, 0.3) is 5.91 Å². The van der Waals surface area contributed by atoms with Crippen LogP contribution in [0.2, 0.25) is 0 Å². The molecular weight excluding hydrogens is 422 g/mol. The Bertz CT molecular complexity index is 1050. The van der Waals surface area contributed by atoms with Crippen LogP contribution in [0.25, 0.3) is 11.0 Å². The van der Waals surface area contributed by atoms with Crippen molar-refractivity contribution in [2.45, 2.75) is 25.8 Å². The number of aromatic nitrogens is 2. The lowest BCUT2D eigenvalue weighted by molar-refractivity contribution is 0.0600. The second kappa shape index (κ2) is 9.50. The molecule has 0 aliphatic carbocycles. The molecule has 0 aliphatic rings. The van der Waals surface area contributed by atoms with Crippen LogP contribution in [-0.4, -0.2) is 33.9 Å². The number of amides is 1. The highest BCUT2D eigenvalue weighted by Crippen LogP contribution is 2.12. The molecule has 3 rings (SSSR count). The highest BCUT2D eigenvalue weighted by molar-refractivity contribution is 9.09. The van der Waals surface area contributed by atoms with Crippen LogP contribution in [-0.2, 0) is 11.3 Å². The number of imidazole rings is 1. The fourth-order valence-electron chi connectivity index (χ4n) is 3.03. The molecule has 146 valence electrons. The van der Waals surface area contributed by atoms with Crippen LogP contribution in [0.4, 0.5) is 0 Å². The van der Waals surface area contributed by atoms with Crippen molar-refractivity contribution < 1.29 is 14.3 Å². The Morgan fingerprint density at radius 1 is 1.07 bits per heavy atom. The average molecular weight is 444 g/mol. The Kier molecular flexibility index (Phi) is 6.81. The fourth-order valence-corrected chi connectivity index (χ4v) is 3.43. The molecule has 6 nitrogen and oxygen atoms in total. The van der Waals surface area contributed by atoms with Gasteiger partial charge in [0, 0.05) is 17.4 Å². The number of nitrogens with zero attached hydrogens (tertiary/aromatic N) is 2. The van der Waals surface area contributed by atoms with Crippen molar-refractivity contribution in [3.63, 3.8) is 0 Å². The molecule has 1 N–H and O–H groups in total. The van der Waals surface area contributed by atoms with Gasteiger partial charge in [0.1, 0.15) is 0 Å². The first-order valence-electron chi connectivity index (χ1n) is 9.15. The topological polar surface area (TPSA) is 76.5 Å². The quantitative estimate of drug-likeness (QED) is 0.339. The normalized spacial score (nSPS) is 11.7. The van der Waals surface area contributed by atoms with E-state index >= 15 is 0 Å². The summed E-state index contributed by atoms with van der Waals surface area (Å²) in [5, 5.41) is 0.984. The van der Waals surface area contributed by atoms with Gasteiger partial charge in [-0.25, -0.2) is 4.79 Å². The summed E-state index contributed by atoms with van der Waals surface area (Å²) in [4.78, 5) is 32.0. The Morgan fingerprint density at radius 3 is 2.64 bits per heavy atom. The van der Waals surface area contributed by atoms with Crippen LogP contribution in [0.3, 0.4) is 0 Å². The maximum atomic E-state index is 12.7. The molecule has 1 heterocycles. The van der Waals surface area contributed by atoms with Gasteiger partial charge in [0.15, 0.2) is 0 Å². The van der Waals surface area contributed by atoms with Gasteiger partial charge in [-0.3, -0.25) is 4.79 Å². The average Bonchev–Trinajstić information content (AvgIpc) is 3.07. The molecule has 0 saturated heterocycles. The molecule has 0 spiro atoms. The monoisotopic (exact) mass is 443 g/mol. The van der Waals surface area contributed by atoms with Gasteiger partial charge in [-0.2, -0.15) is 4.99 Å². The Balaban J connectivity index is 1.96. The maximum Gasteiger partial charge on any atom is 0.337 e. The van der Waals surface area contributed by atoms with Gasteiger partial charge in [-0.1, -0.05) is 40.5 Å². The lowest BCUT2D eigenvalue weighted by atomic mass is 10.1. The van der Waals surface area contributed by atoms with Crippen LogP contribution in [0, 0.1) is 0 Å². The Morgan fingerprint density at radius 2 is 1.86 bits per heavy atom. The molecule has 0 unspecified atom stereocenters. The minimum atomic E-state index is -0.484. The number of methoxy groups -OCH3 is 1. The second-order valence-corrected chi connectivity index (χ2v) is 7.15. The molecule has 0 radical (unpaired) electrons. The van der Waals surface area contributed by atoms with Gasteiger partial charge in [0.2, 0.25) is 5.62 Å². The number of hydrogen-bond acceptors (Lipinski definition) is 3. The SMILES string of the molecule is COC(=O)c1cccc(C(=O)/N=c2\[nH]c3ccccc3n2CCCCCBr)c1. The lowest BCUT2D eigenvalue weighted by Crippen LogP contribution is -2.21. The van der Waals surface area contributed by atoms with E-state index in [4.69, 9.17) is 4.74 Å². The van der Waals surface area contributed by atoms with E-state index < -0.39 is 11.9 Å². The number of halogens is 1. The van der Waals surface area contributed by atoms with E-state index in [9.17, 15) is 9.59 Å². The number of ether oxygens (including phenoxy) is 1. The van der Waals surface area contributed by atoms with Crippen LogP contribution < -0.4 is 5.62 Å². The molecule has 0 bridgehead atoms. The van der Waals surface area contributed by atoms with Crippen molar-refractivity contribution in [2.24, 2.45) is 4.99 Å². The van der Waals surface area contributed by atoms with Crippen molar-refractivity contribution >= 4 is 38.8 Å². The third-order valence-electron chi connectivity index (χ3n) is 4.45. The molecule has 0 saturated carbocycles. The number of aromatic amines is 1. The smallest absolute Gasteiger partial charge is 0.337 e. The Hall–Kier alpha value is -2.67. The van der Waals surface area contributed by atoms with Crippen molar-refractivity contribution in [3.05, 3.63) is 65.3 Å². The number of carbonyl (C=O) groups is 2. The number of unbranched alkanes of at least 4 members (excludes halogenated alkanes) is 2. The maximum absolute atomic E-state index is 12.7. The minimum Gasteiger partial charge on any atom is -0.465 e. The number of H-pyrrole nitrogens is 1. The van der Waals surface area contributed by atoms with Gasteiger partial charge in [0.05, 0.1) is 23.7 Å². The first kappa shape index (κ1) is 20.1. The molecule has 0 atom stereocenters. The van der Waals surface area contributed by atoms with Gasteiger partial charge in [-0.15, -0.1) is 0 Å². The lowest BCUT2D eigenvalue weighted by Gasteiger charge is -2.05. The number of para-hydroxylation sites is 2. The van der Waals surface area contributed by atoms with E-state index in [0.29, 0.717) is 16.7 Å². The van der Waals surface area contributed by atoms with Crippen LogP contribution in [0.1, 0.15) is 40.0 Å². The fraction of sp³-hybridized carbons (Fsp3) is 0.286. The summed E-state index contributed by atoms with van der Waals surface area (Å²) in [6.45, 7) is 0.769. The molecule has 7 heteroatoms. The number of rotatable bonds is 7. The standard InChI is InChI=1S/C21H22BrN3O3/c1-28-20(27)16-9-7-8-15(14-16)19(26)24-21-23-17-10-3-4-11-18(17)25(21)13-6-2-5-12-22/h3-4,7-11,14H,2,5-6,12-13H2,1H3,(H,23,24,26). The summed E-state index contributed by atoms with van der Waals surface area (Å²) in [5.41, 5.74) is 3.11. The molecule has 2 aromatic carbocycles. The molecular formula is C21H22BrN3O3. The summed E-state index contributed by atoms with van der Waals surface area (Å²) in [5.74, 6) is -0.895. The number of alkyl halides is 1. The predicted molar refractivity (Wildman–Crippen MR) is 112 cm³/mol. The third kappa shape index (κ3) is 4.59. The molecule has 28 heavy (non-hydrogen) atoms. The summed E-state index contributed by atoms with van der Waals surface area (Å²) in [6, 6.07) is 14.3. The largest absolute Gasteiger partial charge is 0.465 e. The van der Waals surface area contributed by atoms with Gasteiger partial charge in [-0.05, 0) is 43.2 Å². The number of aryl methyl sites for hydroxylation is 1. The molecule has 0 aliphatic heterocycles. The summed E-state index contributed by atoms with van der Waals surface area (Å²) >= 11 is 3.45. The third-order valence-corrected chi connectivity index (χ3v) is 5.01. The number of benzene rings is 2. The predicted octanol–water partition coefficient (Wildman–Crippen LogP) is 4.06. The number of hydrogen-bond donors (Lipinski definition) is 1. The zero-order valence-electron chi connectivity index (χ0n) is 15.7. The Labute approximate surface area is 171 Å². The molecule has 0 fully saturated rings. The van der Waals surface area contributed by atoms with Crippen molar-refractivity contribution in [2.75, 3.05) is 12.4 Å². The summed E-state index contributed by atoms with van der Waals surface area (Å²) in [7, 11) is 1.31. The number of esters is 1. The van der Waals surface area contributed by atoms with Crippen LogP contribution >= 0.6 is 15.9 Å². The van der Waals surface area contributed by atoms with Crippen molar-refractivity contribution in [1.29, 1.82) is 0 Å². The molecule has 3 aromatic rings. The summed E-state index contributed by atoms with van der Waals surface area (Å²) < 4.78 is 6.75. The van der Waals surface area contributed by atoms with E-state index in [1.807, 2.05) is 28.8 Å². The summed E-state index contributed by atoms with van der Waals surface area (Å²) in [6.07, 6.45) is 3.19. The van der Waals surface area contributed by atoms with Crippen molar-refractivity contribution in [3.8, 4) is 0 Å². The number of fused-ring (bicyclic) bond motifs is 1. The van der Waals surface area contributed by atoms with E-state index in [1.165, 1.54) is 13.2 Å². The van der Waals surface area contributed by atoms with Crippen LogP contribution in [0.15, 0.2) is 53.5 Å². The molecule has 1 aromatic heterocycles. The van der Waals surface area contributed by atoms with Gasteiger partial charge >= 0.3 is 5.97 Å². The van der Waals surface area contributed by atoms with Crippen LogP contribution in [0.5, 0.6) is 0 Å². The van der Waals surface area contributed by atoms with Gasteiger partial charge < -0.3 is 14.3 Å². The van der Waals surface area contributed by atoms with E-state index in [1.54, 1.807) is 18.2 Å². The first-order valence-corrected chi connectivity index (χ1v) is 10.3. The zero-order valence-corrected chi connectivity index (χ0v) is 17.2.